The van der Waals surface area contributed by atoms with Crippen molar-refractivity contribution in [1.82, 2.24) is 14.8 Å². The van der Waals surface area contributed by atoms with Gasteiger partial charge in [0, 0.05) is 14.2 Å². The number of nitrogens with one attached hydrogen (secondary N) is 2. The summed E-state index contributed by atoms with van der Waals surface area (Å²) in [6, 6.07) is 7.27. The number of aromatic nitrogens is 3. The number of hydrogen-bond donors (Lipinski definition) is 2. The first kappa shape index (κ1) is 16.4. The van der Waals surface area contributed by atoms with Gasteiger partial charge >= 0.3 is 0 Å². The zero-order valence-electron chi connectivity index (χ0n) is 13.5. The summed E-state index contributed by atoms with van der Waals surface area (Å²) in [7, 11) is 4.85. The lowest BCUT2D eigenvalue weighted by Crippen LogP contribution is -2.12. The molecule has 7 nitrogen and oxygen atoms in total. The lowest BCUT2D eigenvalue weighted by molar-refractivity contribution is 0.184. The van der Waals surface area contributed by atoms with Gasteiger partial charge in [-0.1, -0.05) is 17.7 Å². The summed E-state index contributed by atoms with van der Waals surface area (Å²) in [6.45, 7) is 0.486. The number of rotatable bonds is 5. The average Bonchev–Trinajstić information content (AvgIpc) is 2.83. The molecule has 2 heterocycles. The van der Waals surface area contributed by atoms with Crippen molar-refractivity contribution in [2.24, 2.45) is 7.05 Å². The third kappa shape index (κ3) is 2.95. The Morgan fingerprint density at radius 2 is 2.08 bits per heavy atom. The molecule has 0 spiro atoms. The van der Waals surface area contributed by atoms with Crippen molar-refractivity contribution < 1.29 is 9.47 Å². The van der Waals surface area contributed by atoms with E-state index in [-0.39, 0.29) is 10.7 Å². The smallest absolute Gasteiger partial charge is 0.277 e. The van der Waals surface area contributed by atoms with E-state index in [0.717, 1.165) is 5.56 Å². The monoisotopic (exact) mass is 348 g/mol. The minimum absolute atomic E-state index is 0.188. The van der Waals surface area contributed by atoms with E-state index in [1.807, 2.05) is 18.2 Å². The van der Waals surface area contributed by atoms with Gasteiger partial charge in [0.2, 0.25) is 0 Å². The number of benzene rings is 1. The highest BCUT2D eigenvalue weighted by Crippen LogP contribution is 2.31. The van der Waals surface area contributed by atoms with Crippen LogP contribution in [0, 0.1) is 0 Å². The molecule has 0 radical (unpaired) electrons. The van der Waals surface area contributed by atoms with Crippen molar-refractivity contribution in [2.45, 2.75) is 6.61 Å². The molecule has 0 aliphatic rings. The van der Waals surface area contributed by atoms with Crippen LogP contribution in [-0.4, -0.2) is 29.0 Å². The number of aromatic amines is 1. The Balaban J connectivity index is 2.08. The molecule has 0 bridgehead atoms. The van der Waals surface area contributed by atoms with E-state index in [1.54, 1.807) is 27.3 Å². The summed E-state index contributed by atoms with van der Waals surface area (Å²) in [5.41, 5.74) is 2.49. The van der Waals surface area contributed by atoms with E-state index >= 15 is 0 Å². The number of H-pyrrole nitrogens is 1. The summed E-state index contributed by atoms with van der Waals surface area (Å²) < 4.78 is 11.9. The number of nitrogens with zero attached hydrogens (tertiary/aromatic N) is 2. The molecule has 2 N–H and O–H groups in total. The Morgan fingerprint density at radius 3 is 2.79 bits per heavy atom. The molecule has 0 fully saturated rings. The molecule has 0 saturated heterocycles. The third-order valence-electron chi connectivity index (χ3n) is 3.63. The number of anilines is 2. The Bertz CT molecular complexity index is 948. The predicted octanol–water partition coefficient (Wildman–Crippen LogP) is 2.81. The van der Waals surface area contributed by atoms with Gasteiger partial charge in [0.1, 0.15) is 16.3 Å². The van der Waals surface area contributed by atoms with Gasteiger partial charge in [-0.15, -0.1) is 0 Å². The largest absolute Gasteiger partial charge is 0.495 e. The fourth-order valence-electron chi connectivity index (χ4n) is 2.53. The highest BCUT2D eigenvalue weighted by atomic mass is 35.5. The van der Waals surface area contributed by atoms with Gasteiger partial charge in [0.15, 0.2) is 5.65 Å². The molecule has 0 amide bonds. The highest BCUT2D eigenvalue weighted by Gasteiger charge is 2.14. The topological polar surface area (TPSA) is 81.2 Å². The first-order chi connectivity index (χ1) is 11.5. The van der Waals surface area contributed by atoms with Crippen LogP contribution in [0.1, 0.15) is 5.56 Å². The van der Waals surface area contributed by atoms with Crippen LogP contribution in [0.15, 0.2) is 29.1 Å². The maximum absolute atomic E-state index is 12.3. The second kappa shape index (κ2) is 6.54. The van der Waals surface area contributed by atoms with Crippen LogP contribution in [0.25, 0.3) is 11.0 Å². The SMILES string of the molecule is COCc1ccc(Nc2cc(Cl)nc3[nH]n(C)c(=O)c23)c(OC)c1. The maximum atomic E-state index is 12.3. The zero-order chi connectivity index (χ0) is 17.3. The van der Waals surface area contributed by atoms with Crippen molar-refractivity contribution in [3.8, 4) is 5.75 Å². The summed E-state index contributed by atoms with van der Waals surface area (Å²) in [6.07, 6.45) is 0. The number of methoxy groups -OCH3 is 2. The van der Waals surface area contributed by atoms with Crippen LogP contribution in [0.2, 0.25) is 5.15 Å². The van der Waals surface area contributed by atoms with Crippen LogP contribution < -0.4 is 15.6 Å². The average molecular weight is 349 g/mol. The summed E-state index contributed by atoms with van der Waals surface area (Å²) in [5.74, 6) is 0.637. The van der Waals surface area contributed by atoms with Gasteiger partial charge in [0.25, 0.3) is 5.56 Å². The van der Waals surface area contributed by atoms with Gasteiger partial charge in [-0.25, -0.2) is 4.98 Å². The molecule has 24 heavy (non-hydrogen) atoms. The predicted molar refractivity (Wildman–Crippen MR) is 93.3 cm³/mol. The summed E-state index contributed by atoms with van der Waals surface area (Å²) in [5, 5.41) is 6.79. The fraction of sp³-hybridized carbons (Fsp3) is 0.250. The Kier molecular flexibility index (Phi) is 4.46. The number of fused-ring (bicyclic) bond motifs is 1. The molecule has 8 heteroatoms. The minimum Gasteiger partial charge on any atom is -0.495 e. The Morgan fingerprint density at radius 1 is 1.29 bits per heavy atom. The van der Waals surface area contributed by atoms with E-state index in [1.165, 1.54) is 4.68 Å². The van der Waals surface area contributed by atoms with Gasteiger partial charge < -0.3 is 14.8 Å². The molecule has 1 aromatic carbocycles. The molecule has 126 valence electrons. The number of halogens is 1. The van der Waals surface area contributed by atoms with E-state index in [4.69, 9.17) is 21.1 Å². The minimum atomic E-state index is -0.188. The molecule has 0 aliphatic heterocycles. The van der Waals surface area contributed by atoms with Crippen LogP contribution in [0.3, 0.4) is 0 Å². The van der Waals surface area contributed by atoms with E-state index in [9.17, 15) is 4.79 Å². The van der Waals surface area contributed by atoms with Gasteiger partial charge in [-0.05, 0) is 23.8 Å². The van der Waals surface area contributed by atoms with Crippen LogP contribution in [0.4, 0.5) is 11.4 Å². The van der Waals surface area contributed by atoms with Crippen molar-refractivity contribution in [3.05, 3.63) is 45.3 Å². The molecule has 0 saturated carbocycles. The second-order valence-corrected chi connectivity index (χ2v) is 5.67. The fourth-order valence-corrected chi connectivity index (χ4v) is 2.72. The second-order valence-electron chi connectivity index (χ2n) is 5.28. The normalized spacial score (nSPS) is 11.0. The van der Waals surface area contributed by atoms with Crippen molar-refractivity contribution in [2.75, 3.05) is 19.5 Å². The van der Waals surface area contributed by atoms with E-state index < -0.39 is 0 Å². The number of ether oxygens (including phenoxy) is 2. The van der Waals surface area contributed by atoms with E-state index in [0.29, 0.717) is 34.8 Å². The number of hydrogen-bond acceptors (Lipinski definition) is 5. The molecule has 0 aliphatic carbocycles. The lowest BCUT2D eigenvalue weighted by atomic mass is 10.2. The summed E-state index contributed by atoms with van der Waals surface area (Å²) >= 11 is 6.06. The molecule has 0 atom stereocenters. The van der Waals surface area contributed by atoms with Gasteiger partial charge in [-0.2, -0.15) is 0 Å². The van der Waals surface area contributed by atoms with Gasteiger partial charge in [-0.3, -0.25) is 14.6 Å². The number of aryl methyl sites for hydroxylation is 1. The molecular weight excluding hydrogens is 332 g/mol. The van der Waals surface area contributed by atoms with Crippen molar-refractivity contribution in [1.29, 1.82) is 0 Å². The standard InChI is InChI=1S/C16H17ClN4O3/c1-21-16(22)14-11(7-13(17)19-15(14)20-21)18-10-5-4-9(8-23-2)6-12(10)24-3/h4-7H,8H2,1-3H3,(H2,18,19,20). The van der Waals surface area contributed by atoms with E-state index in [2.05, 4.69) is 15.4 Å². The maximum Gasteiger partial charge on any atom is 0.277 e. The first-order valence-corrected chi connectivity index (χ1v) is 7.59. The molecule has 2 aromatic heterocycles. The van der Waals surface area contributed by atoms with Crippen molar-refractivity contribution in [3.63, 3.8) is 0 Å². The molecule has 0 unspecified atom stereocenters. The van der Waals surface area contributed by atoms with Crippen molar-refractivity contribution >= 4 is 34.0 Å². The van der Waals surface area contributed by atoms with Gasteiger partial charge in [0.05, 0.1) is 25.1 Å². The molecule has 3 rings (SSSR count). The quantitative estimate of drug-likeness (QED) is 0.693. The Hall–Kier alpha value is -2.51. The molecule has 3 aromatic rings. The third-order valence-corrected chi connectivity index (χ3v) is 3.82. The highest BCUT2D eigenvalue weighted by molar-refractivity contribution is 6.30. The zero-order valence-corrected chi connectivity index (χ0v) is 14.3. The Labute approximate surface area is 143 Å². The first-order valence-electron chi connectivity index (χ1n) is 7.21. The lowest BCUT2D eigenvalue weighted by Gasteiger charge is -2.13. The molecular formula is C16H17ClN4O3. The summed E-state index contributed by atoms with van der Waals surface area (Å²) in [4.78, 5) is 16.4. The van der Waals surface area contributed by atoms with Crippen LogP contribution >= 0.6 is 11.6 Å². The number of pyridine rings is 1. The van der Waals surface area contributed by atoms with Crippen LogP contribution in [-0.2, 0) is 18.4 Å². The van der Waals surface area contributed by atoms with Crippen LogP contribution in [0.5, 0.6) is 5.75 Å².